The predicted molar refractivity (Wildman–Crippen MR) is 77.7 cm³/mol. The number of aromatic nitrogens is 2. The summed E-state index contributed by atoms with van der Waals surface area (Å²) in [7, 11) is 0. The number of aromatic amines is 1. The first-order valence-electron chi connectivity index (χ1n) is 6.89. The lowest BCUT2D eigenvalue weighted by Crippen LogP contribution is -2.40. The van der Waals surface area contributed by atoms with Gasteiger partial charge in [-0.3, -0.25) is 9.69 Å². The molecule has 100 valence electrons. The molecule has 0 saturated heterocycles. The normalized spacial score (nSPS) is 24.4. The van der Waals surface area contributed by atoms with Crippen molar-refractivity contribution >= 4 is 23.0 Å². The molecule has 1 aliphatic heterocycles. The van der Waals surface area contributed by atoms with Gasteiger partial charge in [-0.1, -0.05) is 31.2 Å². The maximum Gasteiger partial charge on any atom is 0.208 e. The molecule has 1 aliphatic carbocycles. The molecule has 0 bridgehead atoms. The highest BCUT2D eigenvalue weighted by atomic mass is 16.1. The fourth-order valence-corrected chi connectivity index (χ4v) is 3.17. The van der Waals surface area contributed by atoms with Crippen molar-refractivity contribution in [3.63, 3.8) is 0 Å². The summed E-state index contributed by atoms with van der Waals surface area (Å²) in [6.45, 7) is 2.00. The minimum atomic E-state index is -0.234. The lowest BCUT2D eigenvalue weighted by Gasteiger charge is -2.29. The van der Waals surface area contributed by atoms with Crippen LogP contribution in [0, 0.1) is 5.92 Å². The molecule has 1 aromatic heterocycles. The largest absolute Gasteiger partial charge is 0.331 e. The number of nitrogens with zero attached hydrogens (tertiary/aromatic N) is 2. The number of fused-ring (bicyclic) bond motifs is 3. The zero-order valence-electron chi connectivity index (χ0n) is 11.2. The van der Waals surface area contributed by atoms with Crippen molar-refractivity contribution in [1.29, 1.82) is 0 Å². The second-order valence-corrected chi connectivity index (χ2v) is 5.40. The van der Waals surface area contributed by atoms with Crippen LogP contribution in [0.15, 0.2) is 42.7 Å². The van der Waals surface area contributed by atoms with Crippen molar-refractivity contribution in [2.45, 2.75) is 19.4 Å². The molecule has 1 aromatic carbocycles. The van der Waals surface area contributed by atoms with E-state index in [-0.39, 0.29) is 17.7 Å². The third kappa shape index (κ3) is 1.42. The summed E-state index contributed by atoms with van der Waals surface area (Å²) >= 11 is 0. The number of allylic oxidation sites excluding steroid dienone is 1. The molecule has 2 aromatic rings. The third-order valence-corrected chi connectivity index (χ3v) is 4.19. The molecule has 0 amide bonds. The second-order valence-electron chi connectivity index (χ2n) is 5.40. The summed E-state index contributed by atoms with van der Waals surface area (Å²) in [6, 6.07) is 7.92. The first-order chi connectivity index (χ1) is 9.77. The van der Waals surface area contributed by atoms with Crippen LogP contribution in [0.2, 0.25) is 0 Å². The zero-order valence-corrected chi connectivity index (χ0v) is 11.2. The number of anilines is 2. The molecule has 0 fully saturated rings. The van der Waals surface area contributed by atoms with Crippen LogP contribution in [-0.2, 0) is 4.79 Å². The van der Waals surface area contributed by atoms with E-state index in [0.29, 0.717) is 0 Å². The number of imidazole rings is 1. The first-order valence-corrected chi connectivity index (χ1v) is 6.89. The molecular formula is C16H15N3O. The number of hydrogen-bond acceptors (Lipinski definition) is 3. The Balaban J connectivity index is 1.95. The van der Waals surface area contributed by atoms with Gasteiger partial charge < -0.3 is 4.98 Å². The average molecular weight is 265 g/mol. The van der Waals surface area contributed by atoms with E-state index in [1.165, 1.54) is 0 Å². The van der Waals surface area contributed by atoms with Gasteiger partial charge >= 0.3 is 0 Å². The Labute approximate surface area is 117 Å². The van der Waals surface area contributed by atoms with Crippen LogP contribution in [0.4, 0.5) is 11.6 Å². The molecule has 0 radical (unpaired) electrons. The van der Waals surface area contributed by atoms with Gasteiger partial charge in [0, 0.05) is 23.9 Å². The van der Waals surface area contributed by atoms with E-state index in [4.69, 9.17) is 0 Å². The SMILES string of the molecule is CC1CC=C2c3ccccc3N(c3ncc[nH]3)C2C1=O. The Morgan fingerprint density at radius 2 is 2.20 bits per heavy atom. The Morgan fingerprint density at radius 1 is 1.35 bits per heavy atom. The number of carbonyl (C=O) groups excluding carboxylic acids is 1. The Kier molecular flexibility index (Phi) is 2.33. The number of carbonyl (C=O) groups is 1. The monoisotopic (exact) mass is 265 g/mol. The molecule has 2 atom stereocenters. The van der Waals surface area contributed by atoms with E-state index in [2.05, 4.69) is 28.2 Å². The van der Waals surface area contributed by atoms with E-state index in [9.17, 15) is 4.79 Å². The van der Waals surface area contributed by atoms with Gasteiger partial charge in [-0.2, -0.15) is 0 Å². The highest BCUT2D eigenvalue weighted by Crippen LogP contribution is 2.46. The molecule has 4 nitrogen and oxygen atoms in total. The van der Waals surface area contributed by atoms with Crippen LogP contribution in [0.1, 0.15) is 18.9 Å². The zero-order chi connectivity index (χ0) is 13.7. The average Bonchev–Trinajstić information content (AvgIpc) is 3.08. The quantitative estimate of drug-likeness (QED) is 0.862. The van der Waals surface area contributed by atoms with Crippen LogP contribution in [0.3, 0.4) is 0 Å². The summed E-state index contributed by atoms with van der Waals surface area (Å²) in [5.74, 6) is 1.07. The van der Waals surface area contributed by atoms with Crippen LogP contribution in [0.5, 0.6) is 0 Å². The minimum absolute atomic E-state index is 0.0653. The number of para-hydroxylation sites is 1. The fraction of sp³-hybridized carbons (Fsp3) is 0.250. The van der Waals surface area contributed by atoms with Crippen LogP contribution < -0.4 is 4.90 Å². The van der Waals surface area contributed by atoms with E-state index in [1.807, 2.05) is 24.0 Å². The van der Waals surface area contributed by atoms with E-state index < -0.39 is 0 Å². The van der Waals surface area contributed by atoms with E-state index >= 15 is 0 Å². The summed E-state index contributed by atoms with van der Waals surface area (Å²) in [6.07, 6.45) is 6.54. The molecule has 20 heavy (non-hydrogen) atoms. The number of benzene rings is 1. The van der Waals surface area contributed by atoms with Crippen molar-refractivity contribution in [1.82, 2.24) is 9.97 Å². The number of nitrogens with one attached hydrogen (secondary N) is 1. The fourth-order valence-electron chi connectivity index (χ4n) is 3.17. The van der Waals surface area contributed by atoms with Crippen molar-refractivity contribution in [2.75, 3.05) is 4.90 Å². The van der Waals surface area contributed by atoms with Crippen molar-refractivity contribution in [3.05, 3.63) is 48.3 Å². The van der Waals surface area contributed by atoms with Crippen LogP contribution in [-0.4, -0.2) is 21.8 Å². The summed E-state index contributed by atoms with van der Waals surface area (Å²) in [5, 5.41) is 0. The molecule has 2 unspecified atom stereocenters. The van der Waals surface area contributed by atoms with Crippen molar-refractivity contribution in [3.8, 4) is 0 Å². The number of rotatable bonds is 1. The van der Waals surface area contributed by atoms with Crippen molar-refractivity contribution < 1.29 is 4.79 Å². The van der Waals surface area contributed by atoms with E-state index in [1.54, 1.807) is 12.4 Å². The highest BCUT2D eigenvalue weighted by molar-refractivity contribution is 6.09. The minimum Gasteiger partial charge on any atom is -0.331 e. The van der Waals surface area contributed by atoms with Gasteiger partial charge in [0.2, 0.25) is 5.95 Å². The molecule has 0 saturated carbocycles. The van der Waals surface area contributed by atoms with Gasteiger partial charge in [0.05, 0.1) is 5.69 Å². The third-order valence-electron chi connectivity index (χ3n) is 4.19. The Bertz CT molecular complexity index is 702. The highest BCUT2D eigenvalue weighted by Gasteiger charge is 2.43. The number of Topliss-reactive ketones (excluding diaryl/α,β-unsaturated/α-hetero) is 1. The summed E-state index contributed by atoms with van der Waals surface area (Å²) < 4.78 is 0. The first kappa shape index (κ1) is 11.5. The molecule has 2 heterocycles. The standard InChI is InChI=1S/C16H15N3O/c1-10-6-7-12-11-4-2-3-5-13(11)19(14(12)15(10)20)16-17-8-9-18-16/h2-5,7-10,14H,6H2,1H3,(H,17,18). The van der Waals surface area contributed by atoms with Gasteiger partial charge in [-0.25, -0.2) is 4.98 Å². The lowest BCUT2D eigenvalue weighted by atomic mass is 9.84. The van der Waals surface area contributed by atoms with Gasteiger partial charge in [0.1, 0.15) is 6.04 Å². The maximum absolute atomic E-state index is 12.7. The summed E-state index contributed by atoms with van der Waals surface area (Å²) in [4.78, 5) is 22.1. The van der Waals surface area contributed by atoms with Crippen LogP contribution in [0.25, 0.3) is 5.57 Å². The molecular weight excluding hydrogens is 250 g/mol. The number of hydrogen-bond donors (Lipinski definition) is 1. The smallest absolute Gasteiger partial charge is 0.208 e. The number of H-pyrrole nitrogens is 1. The topological polar surface area (TPSA) is 49.0 Å². The van der Waals surface area contributed by atoms with Gasteiger partial charge in [-0.15, -0.1) is 0 Å². The summed E-state index contributed by atoms with van der Waals surface area (Å²) in [5.41, 5.74) is 3.33. The predicted octanol–water partition coefficient (Wildman–Crippen LogP) is 2.92. The lowest BCUT2D eigenvalue weighted by molar-refractivity contribution is -0.122. The second kappa shape index (κ2) is 4.07. The maximum atomic E-state index is 12.7. The molecule has 1 N–H and O–H groups in total. The Hall–Kier alpha value is -2.36. The molecule has 2 aliphatic rings. The van der Waals surface area contributed by atoms with E-state index in [0.717, 1.165) is 29.2 Å². The van der Waals surface area contributed by atoms with Crippen LogP contribution >= 0.6 is 0 Å². The van der Waals surface area contributed by atoms with Gasteiger partial charge in [0.25, 0.3) is 0 Å². The van der Waals surface area contributed by atoms with Gasteiger partial charge in [-0.05, 0) is 18.1 Å². The molecule has 4 heteroatoms. The molecule has 0 spiro atoms. The van der Waals surface area contributed by atoms with Crippen molar-refractivity contribution in [2.24, 2.45) is 5.92 Å². The number of ketones is 1. The van der Waals surface area contributed by atoms with Gasteiger partial charge in [0.15, 0.2) is 5.78 Å². The Morgan fingerprint density at radius 3 is 3.00 bits per heavy atom. The molecule has 4 rings (SSSR count).